The van der Waals surface area contributed by atoms with Crippen LogP contribution in [0, 0.1) is 11.3 Å². The highest BCUT2D eigenvalue weighted by molar-refractivity contribution is 5.76. The third kappa shape index (κ3) is 2.69. The van der Waals surface area contributed by atoms with Gasteiger partial charge in [0.1, 0.15) is 6.61 Å². The number of carbonyl (C=O) groups excluding carboxylic acids is 1. The van der Waals surface area contributed by atoms with Crippen LogP contribution < -0.4 is 0 Å². The van der Waals surface area contributed by atoms with Crippen molar-refractivity contribution >= 4 is 5.97 Å². The molecule has 1 aliphatic carbocycles. The number of esters is 1. The molecule has 0 aromatic carbocycles. The molecule has 0 aromatic rings. The third-order valence-electron chi connectivity index (χ3n) is 5.88. The fourth-order valence-electron chi connectivity index (χ4n) is 4.29. The first-order valence-corrected chi connectivity index (χ1v) is 8.48. The summed E-state index contributed by atoms with van der Waals surface area (Å²) in [7, 11) is 0. The van der Waals surface area contributed by atoms with Crippen LogP contribution >= 0.6 is 0 Å². The maximum absolute atomic E-state index is 12.3. The van der Waals surface area contributed by atoms with Crippen LogP contribution in [-0.4, -0.2) is 41.8 Å². The van der Waals surface area contributed by atoms with Gasteiger partial charge < -0.3 is 14.7 Å². The summed E-state index contributed by atoms with van der Waals surface area (Å²) in [6.07, 6.45) is 7.12. The van der Waals surface area contributed by atoms with E-state index >= 15 is 0 Å². The topological polar surface area (TPSA) is 49.8 Å². The van der Waals surface area contributed by atoms with Gasteiger partial charge in [0.25, 0.3) is 0 Å². The fraction of sp³-hybridized carbons (Fsp3) is 0.722. The average molecular weight is 305 g/mol. The van der Waals surface area contributed by atoms with E-state index in [1.807, 2.05) is 6.92 Å². The molecule has 1 saturated carbocycles. The Morgan fingerprint density at radius 3 is 2.59 bits per heavy atom. The normalized spacial score (nSPS) is 25.0. The van der Waals surface area contributed by atoms with Gasteiger partial charge in [0.05, 0.1) is 0 Å². The zero-order chi connectivity index (χ0) is 15.7. The lowest BCUT2D eigenvalue weighted by atomic mass is 9.75. The lowest BCUT2D eigenvalue weighted by molar-refractivity contribution is -0.159. The summed E-state index contributed by atoms with van der Waals surface area (Å²) >= 11 is 0. The van der Waals surface area contributed by atoms with Crippen LogP contribution in [0.4, 0.5) is 0 Å². The number of hydrogen-bond donors (Lipinski definition) is 1. The number of aliphatic hydroxyl groups excluding tert-OH is 1. The SMILES string of the molecule is C=C(C)C1(C(O)C(=O)OCC2=CN3CCC2CC3)CCCC1. The van der Waals surface area contributed by atoms with Crippen LogP contribution in [0.25, 0.3) is 0 Å². The van der Waals surface area contributed by atoms with Crippen molar-refractivity contribution in [3.63, 3.8) is 0 Å². The second-order valence-corrected chi connectivity index (χ2v) is 7.17. The van der Waals surface area contributed by atoms with E-state index < -0.39 is 17.5 Å². The van der Waals surface area contributed by atoms with Gasteiger partial charge in [-0.15, -0.1) is 0 Å². The predicted octanol–water partition coefficient (Wildman–Crippen LogP) is 2.64. The number of aliphatic hydroxyl groups is 1. The van der Waals surface area contributed by atoms with E-state index in [0.717, 1.165) is 57.2 Å². The maximum Gasteiger partial charge on any atom is 0.336 e. The summed E-state index contributed by atoms with van der Waals surface area (Å²) < 4.78 is 5.46. The minimum Gasteiger partial charge on any atom is -0.459 e. The number of rotatable bonds is 5. The van der Waals surface area contributed by atoms with Gasteiger partial charge in [0.2, 0.25) is 0 Å². The molecule has 2 bridgehead atoms. The summed E-state index contributed by atoms with van der Waals surface area (Å²) in [4.78, 5) is 14.6. The highest BCUT2D eigenvalue weighted by Gasteiger charge is 2.45. The second kappa shape index (κ2) is 6.07. The molecule has 22 heavy (non-hydrogen) atoms. The first-order valence-electron chi connectivity index (χ1n) is 8.48. The van der Waals surface area contributed by atoms with E-state index in [1.54, 1.807) is 0 Å². The van der Waals surface area contributed by atoms with Crippen LogP contribution in [0.3, 0.4) is 0 Å². The Morgan fingerprint density at radius 2 is 2.09 bits per heavy atom. The van der Waals surface area contributed by atoms with Crippen molar-refractivity contribution in [1.29, 1.82) is 0 Å². The van der Waals surface area contributed by atoms with E-state index in [0.29, 0.717) is 12.5 Å². The average Bonchev–Trinajstić information content (AvgIpc) is 3.04. The molecule has 1 atom stereocenters. The molecule has 4 aliphatic rings. The molecule has 122 valence electrons. The maximum atomic E-state index is 12.3. The molecular weight excluding hydrogens is 278 g/mol. The van der Waals surface area contributed by atoms with Crippen molar-refractivity contribution in [3.05, 3.63) is 23.9 Å². The highest BCUT2D eigenvalue weighted by Crippen LogP contribution is 2.46. The highest BCUT2D eigenvalue weighted by atomic mass is 16.5. The van der Waals surface area contributed by atoms with E-state index in [1.165, 1.54) is 5.57 Å². The molecule has 2 fully saturated rings. The van der Waals surface area contributed by atoms with Gasteiger partial charge in [-0.3, -0.25) is 0 Å². The van der Waals surface area contributed by atoms with Crippen LogP contribution in [0.5, 0.6) is 0 Å². The summed E-state index contributed by atoms with van der Waals surface area (Å²) in [6, 6.07) is 0. The molecule has 3 heterocycles. The van der Waals surface area contributed by atoms with Gasteiger partial charge in [-0.2, -0.15) is 0 Å². The van der Waals surface area contributed by atoms with Crippen LogP contribution in [0.1, 0.15) is 45.4 Å². The Labute approximate surface area is 132 Å². The first-order chi connectivity index (χ1) is 10.5. The zero-order valence-electron chi connectivity index (χ0n) is 13.5. The van der Waals surface area contributed by atoms with Gasteiger partial charge >= 0.3 is 5.97 Å². The van der Waals surface area contributed by atoms with E-state index in [2.05, 4.69) is 17.7 Å². The quantitative estimate of drug-likeness (QED) is 0.626. The van der Waals surface area contributed by atoms with Crippen molar-refractivity contribution in [3.8, 4) is 0 Å². The Hall–Kier alpha value is -1.29. The smallest absolute Gasteiger partial charge is 0.336 e. The predicted molar refractivity (Wildman–Crippen MR) is 85.1 cm³/mol. The molecule has 4 heteroatoms. The summed E-state index contributed by atoms with van der Waals surface area (Å²) in [6.45, 7) is 8.47. The summed E-state index contributed by atoms with van der Waals surface area (Å²) in [5, 5.41) is 10.5. The van der Waals surface area contributed by atoms with Crippen molar-refractivity contribution in [2.75, 3.05) is 19.7 Å². The number of piperidine rings is 1. The molecule has 1 unspecified atom stereocenters. The van der Waals surface area contributed by atoms with Gasteiger partial charge in [0.15, 0.2) is 6.10 Å². The molecular formula is C18H27NO3. The number of fused-ring (bicyclic) bond motifs is 2. The summed E-state index contributed by atoms with van der Waals surface area (Å²) in [5.74, 6) is 0.0683. The van der Waals surface area contributed by atoms with Crippen molar-refractivity contribution in [2.24, 2.45) is 11.3 Å². The lowest BCUT2D eigenvalue weighted by Gasteiger charge is -2.39. The molecule has 4 nitrogen and oxygen atoms in total. The zero-order valence-corrected chi connectivity index (χ0v) is 13.5. The van der Waals surface area contributed by atoms with E-state index in [-0.39, 0.29) is 0 Å². The van der Waals surface area contributed by atoms with Gasteiger partial charge in [0, 0.05) is 24.7 Å². The fourth-order valence-corrected chi connectivity index (χ4v) is 4.29. The Bertz CT molecular complexity index is 483. The Morgan fingerprint density at radius 1 is 1.45 bits per heavy atom. The number of ether oxygens (including phenoxy) is 1. The number of carbonyl (C=O) groups is 1. The molecule has 1 N–H and O–H groups in total. The van der Waals surface area contributed by atoms with Gasteiger partial charge in [-0.25, -0.2) is 4.79 Å². The molecule has 0 amide bonds. The summed E-state index contributed by atoms with van der Waals surface area (Å²) in [5.41, 5.74) is 1.63. The van der Waals surface area contributed by atoms with Crippen LogP contribution in [0.15, 0.2) is 23.9 Å². The number of hydrogen-bond acceptors (Lipinski definition) is 4. The minimum atomic E-state index is -1.07. The standard InChI is InChI=1S/C18H27NO3/c1-13(2)18(7-3-4-8-18)16(20)17(21)22-12-15-11-19-9-5-14(15)6-10-19/h11,14,16,20H,1,3-10,12H2,2H3. The first kappa shape index (κ1) is 15.6. The molecule has 0 radical (unpaired) electrons. The van der Waals surface area contributed by atoms with E-state index in [4.69, 9.17) is 4.74 Å². The molecule has 0 spiro atoms. The molecule has 0 aromatic heterocycles. The lowest BCUT2D eigenvalue weighted by Crippen LogP contribution is -2.42. The third-order valence-corrected chi connectivity index (χ3v) is 5.88. The number of nitrogens with zero attached hydrogens (tertiary/aromatic N) is 1. The Balaban J connectivity index is 1.61. The molecule has 4 rings (SSSR count). The molecule has 3 aliphatic heterocycles. The van der Waals surface area contributed by atoms with E-state index in [9.17, 15) is 9.90 Å². The largest absolute Gasteiger partial charge is 0.459 e. The molecule has 1 saturated heterocycles. The minimum absolute atomic E-state index is 0.323. The Kier molecular flexibility index (Phi) is 4.31. The van der Waals surface area contributed by atoms with Crippen LogP contribution in [0.2, 0.25) is 0 Å². The van der Waals surface area contributed by atoms with Crippen LogP contribution in [-0.2, 0) is 9.53 Å². The monoisotopic (exact) mass is 305 g/mol. The van der Waals surface area contributed by atoms with Gasteiger partial charge in [-0.1, -0.05) is 25.0 Å². The van der Waals surface area contributed by atoms with Crippen molar-refractivity contribution < 1.29 is 14.6 Å². The van der Waals surface area contributed by atoms with Crippen molar-refractivity contribution in [2.45, 2.75) is 51.6 Å². The second-order valence-electron chi connectivity index (χ2n) is 7.17. The van der Waals surface area contributed by atoms with Crippen molar-refractivity contribution in [1.82, 2.24) is 4.90 Å². The van der Waals surface area contributed by atoms with Gasteiger partial charge in [-0.05, 0) is 44.1 Å².